The van der Waals surface area contributed by atoms with Crippen molar-refractivity contribution in [3.63, 3.8) is 0 Å². The molecule has 0 spiro atoms. The molecule has 1 aliphatic rings. The maximum atomic E-state index is 12.0. The van der Waals surface area contributed by atoms with Gasteiger partial charge in [0.1, 0.15) is 5.56 Å². The Bertz CT molecular complexity index is 375. The molecule has 0 saturated heterocycles. The van der Waals surface area contributed by atoms with Gasteiger partial charge in [-0.2, -0.15) is 0 Å². The average molecular weight is 206 g/mol. The van der Waals surface area contributed by atoms with E-state index >= 15 is 0 Å². The molecule has 0 unspecified atom stereocenters. The molecule has 1 aliphatic carbocycles. The Morgan fingerprint density at radius 2 is 2.33 bits per heavy atom. The van der Waals surface area contributed by atoms with Crippen molar-refractivity contribution in [1.82, 2.24) is 9.88 Å². The Morgan fingerprint density at radius 1 is 1.60 bits per heavy atom. The number of nitrogens with zero attached hydrogens (tertiary/aromatic N) is 2. The highest BCUT2D eigenvalue weighted by Gasteiger charge is 2.31. The molecule has 1 aromatic heterocycles. The van der Waals surface area contributed by atoms with Gasteiger partial charge in [0.25, 0.3) is 5.91 Å². The summed E-state index contributed by atoms with van der Waals surface area (Å²) >= 11 is 0. The Hall–Kier alpha value is -1.58. The summed E-state index contributed by atoms with van der Waals surface area (Å²) in [5.41, 5.74) is 0.536. The van der Waals surface area contributed by atoms with E-state index in [0.29, 0.717) is 17.5 Å². The van der Waals surface area contributed by atoms with Gasteiger partial charge < -0.3 is 9.64 Å². The van der Waals surface area contributed by atoms with Gasteiger partial charge in [0.2, 0.25) is 5.88 Å². The van der Waals surface area contributed by atoms with Gasteiger partial charge in [-0.1, -0.05) is 0 Å². The first kappa shape index (κ1) is 9.96. The first-order valence-electron chi connectivity index (χ1n) is 5.00. The minimum Gasteiger partial charge on any atom is -0.480 e. The number of carbonyl (C=O) groups excluding carboxylic acids is 1. The lowest BCUT2D eigenvalue weighted by atomic mass is 10.2. The van der Waals surface area contributed by atoms with E-state index in [2.05, 4.69) is 4.98 Å². The summed E-state index contributed by atoms with van der Waals surface area (Å²) in [4.78, 5) is 17.8. The molecule has 4 nitrogen and oxygen atoms in total. The molecular weight excluding hydrogens is 192 g/mol. The summed E-state index contributed by atoms with van der Waals surface area (Å²) in [7, 11) is 3.35. The van der Waals surface area contributed by atoms with Gasteiger partial charge in [-0.25, -0.2) is 4.98 Å². The minimum absolute atomic E-state index is 0.0116. The zero-order valence-corrected chi connectivity index (χ0v) is 8.93. The van der Waals surface area contributed by atoms with Crippen molar-refractivity contribution in [2.24, 2.45) is 0 Å². The summed E-state index contributed by atoms with van der Waals surface area (Å²) in [6, 6.07) is 3.89. The summed E-state index contributed by atoms with van der Waals surface area (Å²) in [6.45, 7) is 0. The van der Waals surface area contributed by atoms with Crippen LogP contribution in [0.4, 0.5) is 0 Å². The van der Waals surface area contributed by atoms with Crippen LogP contribution < -0.4 is 4.74 Å². The number of methoxy groups -OCH3 is 1. The van der Waals surface area contributed by atoms with Crippen LogP contribution in [-0.2, 0) is 0 Å². The predicted molar refractivity (Wildman–Crippen MR) is 55.9 cm³/mol. The van der Waals surface area contributed by atoms with Crippen molar-refractivity contribution in [1.29, 1.82) is 0 Å². The highest BCUT2D eigenvalue weighted by molar-refractivity contribution is 5.96. The molecule has 0 aliphatic heterocycles. The first-order valence-corrected chi connectivity index (χ1v) is 5.00. The third-order valence-electron chi connectivity index (χ3n) is 2.61. The predicted octanol–water partition coefficient (Wildman–Crippen LogP) is 1.32. The molecule has 80 valence electrons. The third-order valence-corrected chi connectivity index (χ3v) is 2.61. The van der Waals surface area contributed by atoms with Gasteiger partial charge in [0.15, 0.2) is 0 Å². The third kappa shape index (κ3) is 1.93. The van der Waals surface area contributed by atoms with Gasteiger partial charge in [0.05, 0.1) is 7.11 Å². The Balaban J connectivity index is 2.23. The van der Waals surface area contributed by atoms with Crippen LogP contribution >= 0.6 is 0 Å². The van der Waals surface area contributed by atoms with Crippen LogP contribution in [0.2, 0.25) is 0 Å². The van der Waals surface area contributed by atoms with E-state index in [-0.39, 0.29) is 5.91 Å². The maximum absolute atomic E-state index is 12.0. The number of hydrogen-bond acceptors (Lipinski definition) is 3. The van der Waals surface area contributed by atoms with Crippen LogP contribution in [0.1, 0.15) is 23.2 Å². The Kier molecular flexibility index (Phi) is 2.58. The second-order valence-corrected chi connectivity index (χ2v) is 3.71. The fourth-order valence-electron chi connectivity index (χ4n) is 1.53. The molecule has 0 aromatic carbocycles. The molecule has 0 N–H and O–H groups in total. The number of aromatic nitrogens is 1. The van der Waals surface area contributed by atoms with Crippen molar-refractivity contribution in [3.05, 3.63) is 23.9 Å². The van der Waals surface area contributed by atoms with Crippen LogP contribution in [-0.4, -0.2) is 36.0 Å². The van der Waals surface area contributed by atoms with Gasteiger partial charge in [-0.15, -0.1) is 0 Å². The number of pyridine rings is 1. The Labute approximate surface area is 88.9 Å². The second-order valence-electron chi connectivity index (χ2n) is 3.71. The maximum Gasteiger partial charge on any atom is 0.259 e. The van der Waals surface area contributed by atoms with Gasteiger partial charge in [-0.3, -0.25) is 4.79 Å². The molecule has 0 radical (unpaired) electrons. The largest absolute Gasteiger partial charge is 0.480 e. The zero-order valence-electron chi connectivity index (χ0n) is 8.93. The standard InChI is InChI=1S/C11H14N2O2/c1-13(8-5-6-8)11(14)9-4-3-7-12-10(9)15-2/h3-4,7-8H,5-6H2,1-2H3. The quantitative estimate of drug-likeness (QED) is 0.749. The first-order chi connectivity index (χ1) is 7.24. The molecule has 1 saturated carbocycles. The smallest absolute Gasteiger partial charge is 0.259 e. The topological polar surface area (TPSA) is 42.4 Å². The van der Waals surface area contributed by atoms with E-state index in [1.165, 1.54) is 7.11 Å². The van der Waals surface area contributed by atoms with Crippen LogP contribution in [0.3, 0.4) is 0 Å². The molecule has 1 aromatic rings. The van der Waals surface area contributed by atoms with Crippen LogP contribution in [0.5, 0.6) is 5.88 Å². The van der Waals surface area contributed by atoms with Gasteiger partial charge in [-0.05, 0) is 25.0 Å². The van der Waals surface area contributed by atoms with E-state index in [0.717, 1.165) is 12.8 Å². The van der Waals surface area contributed by atoms with Crippen molar-refractivity contribution in [3.8, 4) is 5.88 Å². The normalized spacial score (nSPS) is 14.8. The molecule has 0 atom stereocenters. The summed E-state index contributed by atoms with van der Waals surface area (Å²) < 4.78 is 5.06. The lowest BCUT2D eigenvalue weighted by molar-refractivity contribution is 0.0781. The molecule has 2 rings (SSSR count). The molecule has 1 fully saturated rings. The molecule has 0 bridgehead atoms. The molecule has 1 heterocycles. The summed E-state index contributed by atoms with van der Waals surface area (Å²) in [6.07, 6.45) is 3.82. The summed E-state index contributed by atoms with van der Waals surface area (Å²) in [5.74, 6) is 0.387. The highest BCUT2D eigenvalue weighted by Crippen LogP contribution is 2.28. The van der Waals surface area contributed by atoms with E-state index in [4.69, 9.17) is 4.74 Å². The van der Waals surface area contributed by atoms with E-state index < -0.39 is 0 Å². The van der Waals surface area contributed by atoms with Crippen LogP contribution in [0.25, 0.3) is 0 Å². The lowest BCUT2D eigenvalue weighted by Crippen LogP contribution is -2.29. The fourth-order valence-corrected chi connectivity index (χ4v) is 1.53. The molecule has 15 heavy (non-hydrogen) atoms. The van der Waals surface area contributed by atoms with Gasteiger partial charge >= 0.3 is 0 Å². The van der Waals surface area contributed by atoms with Crippen molar-refractivity contribution in [2.45, 2.75) is 18.9 Å². The summed E-state index contributed by atoms with van der Waals surface area (Å²) in [5, 5.41) is 0. The van der Waals surface area contributed by atoms with E-state index in [1.54, 1.807) is 23.2 Å². The van der Waals surface area contributed by atoms with Crippen molar-refractivity contribution >= 4 is 5.91 Å². The monoisotopic (exact) mass is 206 g/mol. The number of hydrogen-bond donors (Lipinski definition) is 0. The Morgan fingerprint density at radius 3 is 2.93 bits per heavy atom. The van der Waals surface area contributed by atoms with Crippen molar-refractivity contribution < 1.29 is 9.53 Å². The fraction of sp³-hybridized carbons (Fsp3) is 0.455. The van der Waals surface area contributed by atoms with Crippen LogP contribution in [0, 0.1) is 0 Å². The SMILES string of the molecule is COc1ncccc1C(=O)N(C)C1CC1. The second kappa shape index (κ2) is 3.88. The highest BCUT2D eigenvalue weighted by atomic mass is 16.5. The average Bonchev–Trinajstić information content (AvgIpc) is 3.11. The van der Waals surface area contributed by atoms with Gasteiger partial charge in [0, 0.05) is 19.3 Å². The number of amides is 1. The lowest BCUT2D eigenvalue weighted by Gasteiger charge is -2.17. The minimum atomic E-state index is -0.0116. The molecule has 4 heteroatoms. The van der Waals surface area contributed by atoms with Crippen molar-refractivity contribution in [2.75, 3.05) is 14.2 Å². The molecule has 1 amide bonds. The van der Waals surface area contributed by atoms with E-state index in [1.807, 2.05) is 7.05 Å². The van der Waals surface area contributed by atoms with E-state index in [9.17, 15) is 4.79 Å². The number of ether oxygens (including phenoxy) is 1. The van der Waals surface area contributed by atoms with Crippen LogP contribution in [0.15, 0.2) is 18.3 Å². The number of rotatable bonds is 3. The molecular formula is C11H14N2O2. The zero-order chi connectivity index (χ0) is 10.8. The number of carbonyl (C=O) groups is 1.